The molecule has 0 aliphatic rings. The summed E-state index contributed by atoms with van der Waals surface area (Å²) in [6.07, 6.45) is 26.4. The van der Waals surface area contributed by atoms with E-state index < -0.39 is 0 Å². The molecule has 0 aromatic rings. The Morgan fingerprint density at radius 2 is 1.07 bits per heavy atom. The van der Waals surface area contributed by atoms with Crippen LogP contribution in [0.25, 0.3) is 0 Å². The number of allylic oxidation sites excluding steroid dienone is 2. The molecule has 0 saturated carbocycles. The quantitative estimate of drug-likeness (QED) is 0.102. The molecule has 0 aromatic heterocycles. The number of hydroxylamine groups is 2. The minimum absolute atomic E-state index is 0.0465. The van der Waals surface area contributed by atoms with Crippen molar-refractivity contribution in [1.82, 2.24) is 5.06 Å². The second-order valence-electron chi connectivity index (χ2n) is 8.43. The molecule has 172 valence electrons. The van der Waals surface area contributed by atoms with Gasteiger partial charge in [-0.05, 0) is 44.9 Å². The maximum atomic E-state index is 12.0. The van der Waals surface area contributed by atoms with Crippen molar-refractivity contribution in [3.05, 3.63) is 12.2 Å². The van der Waals surface area contributed by atoms with E-state index in [1.54, 1.807) is 0 Å². The minimum atomic E-state index is -0.0465. The van der Waals surface area contributed by atoms with E-state index in [4.69, 9.17) is 4.84 Å². The van der Waals surface area contributed by atoms with Gasteiger partial charge >= 0.3 is 5.97 Å². The molecule has 0 amide bonds. The molecule has 0 fully saturated rings. The van der Waals surface area contributed by atoms with Crippen LogP contribution in [-0.4, -0.2) is 24.1 Å². The Labute approximate surface area is 182 Å². The Balaban J connectivity index is 3.49. The summed E-state index contributed by atoms with van der Waals surface area (Å²) in [4.78, 5) is 17.6. The molecule has 0 atom stereocenters. The number of unbranched alkanes of at least 4 members (excludes halogenated alkanes) is 13. The topological polar surface area (TPSA) is 29.5 Å². The van der Waals surface area contributed by atoms with Crippen molar-refractivity contribution in [3.8, 4) is 0 Å². The summed E-state index contributed by atoms with van der Waals surface area (Å²) in [7, 11) is 0. The molecule has 3 heteroatoms. The van der Waals surface area contributed by atoms with Crippen molar-refractivity contribution in [1.29, 1.82) is 0 Å². The first-order valence-corrected chi connectivity index (χ1v) is 12.8. The number of carbonyl (C=O) groups excluding carboxylic acids is 1. The zero-order valence-corrected chi connectivity index (χ0v) is 20.1. The van der Waals surface area contributed by atoms with Crippen molar-refractivity contribution in [2.24, 2.45) is 0 Å². The summed E-state index contributed by atoms with van der Waals surface area (Å²) in [5, 5.41) is 1.88. The fraction of sp³-hybridized carbons (Fsp3) is 0.885. The van der Waals surface area contributed by atoms with Crippen LogP contribution >= 0.6 is 0 Å². The van der Waals surface area contributed by atoms with Crippen LogP contribution in [0.2, 0.25) is 0 Å². The molecular weight excluding hydrogens is 358 g/mol. The van der Waals surface area contributed by atoms with Gasteiger partial charge in [-0.3, -0.25) is 4.79 Å². The number of rotatable bonds is 22. The van der Waals surface area contributed by atoms with Crippen molar-refractivity contribution in [3.63, 3.8) is 0 Å². The fourth-order valence-electron chi connectivity index (χ4n) is 3.40. The molecule has 0 rings (SSSR count). The van der Waals surface area contributed by atoms with E-state index in [1.165, 1.54) is 70.6 Å². The first kappa shape index (κ1) is 28.2. The van der Waals surface area contributed by atoms with Crippen LogP contribution in [0, 0.1) is 0 Å². The van der Waals surface area contributed by atoms with E-state index in [0.717, 1.165) is 51.6 Å². The highest BCUT2D eigenvalue weighted by Crippen LogP contribution is 2.11. The first-order valence-electron chi connectivity index (χ1n) is 12.8. The average Bonchev–Trinajstić information content (AvgIpc) is 2.72. The van der Waals surface area contributed by atoms with Gasteiger partial charge in [0.25, 0.3) is 0 Å². The Kier molecular flexibility index (Phi) is 22.8. The summed E-state index contributed by atoms with van der Waals surface area (Å²) < 4.78 is 0. The fourth-order valence-corrected chi connectivity index (χ4v) is 3.40. The normalized spacial score (nSPS) is 11.6. The lowest BCUT2D eigenvalue weighted by atomic mass is 10.1. The Hall–Kier alpha value is -0.830. The predicted octanol–water partition coefficient (Wildman–Crippen LogP) is 8.38. The summed E-state index contributed by atoms with van der Waals surface area (Å²) in [5.74, 6) is -0.0465. The first-order chi connectivity index (χ1) is 14.2. The van der Waals surface area contributed by atoms with Crippen LogP contribution in [0.4, 0.5) is 0 Å². The Morgan fingerprint density at radius 1 is 0.621 bits per heavy atom. The third-order valence-electron chi connectivity index (χ3n) is 5.40. The molecule has 0 spiro atoms. The third-order valence-corrected chi connectivity index (χ3v) is 5.40. The number of hydrogen-bond donors (Lipinski definition) is 0. The molecule has 29 heavy (non-hydrogen) atoms. The zero-order chi connectivity index (χ0) is 21.4. The van der Waals surface area contributed by atoms with Crippen LogP contribution in [0.15, 0.2) is 12.2 Å². The van der Waals surface area contributed by atoms with Gasteiger partial charge < -0.3 is 4.84 Å². The molecule has 0 unspecified atom stereocenters. The number of nitrogens with zero attached hydrogens (tertiary/aromatic N) is 1. The van der Waals surface area contributed by atoms with Crippen LogP contribution in [0.3, 0.4) is 0 Å². The standard InChI is InChI=1S/C26H51NO2/c1-4-7-10-11-12-13-14-15-16-17-18-19-20-21-22-23-26(28)29-27(24-8-5-2)25-9-6-3/h15-16H,4-14,17-25H2,1-3H3/b16-15-. The van der Waals surface area contributed by atoms with Crippen LogP contribution in [0.5, 0.6) is 0 Å². The third kappa shape index (κ3) is 21.7. The zero-order valence-electron chi connectivity index (χ0n) is 20.1. The largest absolute Gasteiger partial charge is 0.368 e. The SMILES string of the molecule is CCCCCCCC/C=C\CCCCCCCC(=O)ON(CCCC)CCCC. The van der Waals surface area contributed by atoms with E-state index in [2.05, 4.69) is 32.9 Å². The van der Waals surface area contributed by atoms with Gasteiger partial charge in [-0.25, -0.2) is 0 Å². The highest BCUT2D eigenvalue weighted by atomic mass is 16.7. The van der Waals surface area contributed by atoms with Crippen molar-refractivity contribution in [2.75, 3.05) is 13.1 Å². The summed E-state index contributed by atoms with van der Waals surface area (Å²) >= 11 is 0. The average molecular weight is 410 g/mol. The molecule has 0 bridgehead atoms. The maximum absolute atomic E-state index is 12.0. The lowest BCUT2D eigenvalue weighted by Crippen LogP contribution is -2.29. The highest BCUT2D eigenvalue weighted by molar-refractivity contribution is 5.68. The number of carbonyl (C=O) groups is 1. The molecular formula is C26H51NO2. The second kappa shape index (κ2) is 23.4. The minimum Gasteiger partial charge on any atom is -0.368 e. The lowest BCUT2D eigenvalue weighted by Gasteiger charge is -2.20. The molecule has 0 aromatic carbocycles. The van der Waals surface area contributed by atoms with Crippen LogP contribution in [0.1, 0.15) is 136 Å². The molecule has 3 nitrogen and oxygen atoms in total. The van der Waals surface area contributed by atoms with Crippen LogP contribution in [-0.2, 0) is 9.63 Å². The van der Waals surface area contributed by atoms with Gasteiger partial charge in [0.1, 0.15) is 0 Å². The van der Waals surface area contributed by atoms with E-state index in [9.17, 15) is 4.79 Å². The van der Waals surface area contributed by atoms with Crippen LogP contribution < -0.4 is 0 Å². The van der Waals surface area contributed by atoms with Gasteiger partial charge in [0.15, 0.2) is 0 Å². The van der Waals surface area contributed by atoms with Crippen molar-refractivity contribution in [2.45, 2.75) is 136 Å². The van der Waals surface area contributed by atoms with E-state index in [1.807, 2.05) is 5.06 Å². The molecule has 0 aliphatic heterocycles. The monoisotopic (exact) mass is 409 g/mol. The maximum Gasteiger partial charge on any atom is 0.325 e. The van der Waals surface area contributed by atoms with Gasteiger partial charge in [0.05, 0.1) is 0 Å². The lowest BCUT2D eigenvalue weighted by molar-refractivity contribution is -0.191. The summed E-state index contributed by atoms with van der Waals surface area (Å²) in [5.41, 5.74) is 0. The Bertz CT molecular complexity index is 360. The van der Waals surface area contributed by atoms with Gasteiger partial charge in [-0.1, -0.05) is 97.1 Å². The van der Waals surface area contributed by atoms with Gasteiger partial charge in [0.2, 0.25) is 0 Å². The smallest absolute Gasteiger partial charge is 0.325 e. The molecule has 0 aliphatic carbocycles. The molecule has 0 N–H and O–H groups in total. The summed E-state index contributed by atoms with van der Waals surface area (Å²) in [6, 6.07) is 0. The molecule has 0 radical (unpaired) electrons. The Morgan fingerprint density at radius 3 is 1.59 bits per heavy atom. The predicted molar refractivity (Wildman–Crippen MR) is 127 cm³/mol. The van der Waals surface area contributed by atoms with E-state index in [-0.39, 0.29) is 5.97 Å². The van der Waals surface area contributed by atoms with Gasteiger partial charge in [0, 0.05) is 19.5 Å². The molecule has 0 saturated heterocycles. The van der Waals surface area contributed by atoms with Gasteiger partial charge in [-0.2, -0.15) is 0 Å². The second-order valence-corrected chi connectivity index (χ2v) is 8.43. The number of hydrogen-bond acceptors (Lipinski definition) is 3. The summed E-state index contributed by atoms with van der Waals surface area (Å²) in [6.45, 7) is 8.35. The molecule has 0 heterocycles. The highest BCUT2D eigenvalue weighted by Gasteiger charge is 2.10. The van der Waals surface area contributed by atoms with Crippen molar-refractivity contribution >= 4 is 5.97 Å². The van der Waals surface area contributed by atoms with E-state index >= 15 is 0 Å². The van der Waals surface area contributed by atoms with Gasteiger partial charge in [-0.15, -0.1) is 5.06 Å². The van der Waals surface area contributed by atoms with Crippen molar-refractivity contribution < 1.29 is 9.63 Å². The van der Waals surface area contributed by atoms with E-state index in [0.29, 0.717) is 6.42 Å².